The number of anilines is 1. The van der Waals surface area contributed by atoms with Crippen molar-refractivity contribution in [1.82, 2.24) is 4.31 Å². The van der Waals surface area contributed by atoms with Crippen LogP contribution in [-0.2, 0) is 14.8 Å². The molecule has 1 amide bonds. The Morgan fingerprint density at radius 2 is 1.70 bits per heavy atom. The van der Waals surface area contributed by atoms with Gasteiger partial charge in [0.15, 0.2) is 0 Å². The molecule has 0 bridgehead atoms. The van der Waals surface area contributed by atoms with E-state index in [1.807, 2.05) is 27.7 Å². The van der Waals surface area contributed by atoms with E-state index in [1.54, 1.807) is 19.1 Å². The molecule has 6 nitrogen and oxygen atoms in total. The number of carbonyl (C=O) groups is 1. The van der Waals surface area contributed by atoms with E-state index in [1.165, 1.54) is 26.1 Å². The second-order valence-electron chi connectivity index (χ2n) is 4.23. The highest BCUT2D eigenvalue weighted by atomic mass is 32.2. The van der Waals surface area contributed by atoms with Crippen LogP contribution in [0.1, 0.15) is 41.5 Å². The van der Waals surface area contributed by atoms with E-state index >= 15 is 0 Å². The van der Waals surface area contributed by atoms with Gasteiger partial charge in [0.25, 0.3) is 0 Å². The van der Waals surface area contributed by atoms with Crippen molar-refractivity contribution in [3.8, 4) is 0 Å². The maximum Gasteiger partial charge on any atom is 0.245 e. The Balaban J connectivity index is 0. The first-order valence-electron chi connectivity index (χ1n) is 7.76. The third-order valence-corrected chi connectivity index (χ3v) is 4.77. The van der Waals surface area contributed by atoms with Crippen molar-refractivity contribution in [2.75, 3.05) is 19.0 Å². The standard InChI is InChI=1S/C12H18N2O4S.2C2H6/c1-9(8-15)14(3)19(17,18)12-7-5-4-6-11(12)13-10(2)16;2*1-2/h4-7,9,15H,8H2,1-3H3,(H,13,16);2*1-2H3. The lowest BCUT2D eigenvalue weighted by Gasteiger charge is -2.23. The number of aliphatic hydroxyl groups is 1. The smallest absolute Gasteiger partial charge is 0.245 e. The number of nitrogens with one attached hydrogen (secondary N) is 1. The highest BCUT2D eigenvalue weighted by molar-refractivity contribution is 7.89. The Hall–Kier alpha value is -1.44. The molecule has 0 aliphatic heterocycles. The van der Waals surface area contributed by atoms with Crippen LogP contribution in [0.3, 0.4) is 0 Å². The molecule has 23 heavy (non-hydrogen) atoms. The predicted molar refractivity (Wildman–Crippen MR) is 94.9 cm³/mol. The van der Waals surface area contributed by atoms with E-state index in [0.29, 0.717) is 0 Å². The fourth-order valence-electron chi connectivity index (χ4n) is 1.49. The lowest BCUT2D eigenvalue weighted by molar-refractivity contribution is -0.114. The fourth-order valence-corrected chi connectivity index (χ4v) is 2.99. The Labute approximate surface area is 140 Å². The Kier molecular flexibility index (Phi) is 12.5. The number of likely N-dealkylation sites (N-methyl/N-ethyl adjacent to an activating group) is 1. The number of amides is 1. The summed E-state index contributed by atoms with van der Waals surface area (Å²) in [4.78, 5) is 11.1. The number of hydrogen-bond donors (Lipinski definition) is 2. The normalized spacial score (nSPS) is 11.5. The minimum Gasteiger partial charge on any atom is -0.395 e. The highest BCUT2D eigenvalue weighted by Gasteiger charge is 2.27. The molecule has 0 spiro atoms. The third-order valence-electron chi connectivity index (χ3n) is 2.74. The third kappa shape index (κ3) is 7.11. The highest BCUT2D eigenvalue weighted by Crippen LogP contribution is 2.24. The summed E-state index contributed by atoms with van der Waals surface area (Å²) >= 11 is 0. The van der Waals surface area contributed by atoms with Crippen molar-refractivity contribution < 1.29 is 18.3 Å². The molecule has 0 fully saturated rings. The Morgan fingerprint density at radius 3 is 2.13 bits per heavy atom. The van der Waals surface area contributed by atoms with E-state index in [-0.39, 0.29) is 23.1 Å². The zero-order valence-corrected chi connectivity index (χ0v) is 15.9. The largest absolute Gasteiger partial charge is 0.395 e. The second-order valence-corrected chi connectivity index (χ2v) is 6.20. The van der Waals surface area contributed by atoms with Gasteiger partial charge in [0.1, 0.15) is 4.90 Å². The minimum atomic E-state index is -3.77. The van der Waals surface area contributed by atoms with E-state index < -0.39 is 16.1 Å². The van der Waals surface area contributed by atoms with Crippen LogP contribution in [0.15, 0.2) is 29.2 Å². The molecule has 1 aromatic carbocycles. The lowest BCUT2D eigenvalue weighted by atomic mass is 10.3. The molecule has 134 valence electrons. The van der Waals surface area contributed by atoms with Gasteiger partial charge in [-0.25, -0.2) is 8.42 Å². The zero-order valence-electron chi connectivity index (χ0n) is 15.1. The molecule has 1 unspecified atom stereocenters. The Bertz CT molecular complexity index is 559. The maximum atomic E-state index is 12.4. The topological polar surface area (TPSA) is 86.7 Å². The molecule has 1 atom stereocenters. The number of rotatable bonds is 5. The van der Waals surface area contributed by atoms with Crippen LogP contribution in [0, 0.1) is 0 Å². The van der Waals surface area contributed by atoms with Crippen LogP contribution < -0.4 is 5.32 Å². The summed E-state index contributed by atoms with van der Waals surface area (Å²) in [6.45, 7) is 10.6. The number of aliphatic hydroxyl groups excluding tert-OH is 1. The molecule has 0 saturated carbocycles. The van der Waals surface area contributed by atoms with Gasteiger partial charge in [-0.15, -0.1) is 0 Å². The van der Waals surface area contributed by atoms with E-state index in [4.69, 9.17) is 5.11 Å². The molecule has 0 aliphatic carbocycles. The molecule has 0 heterocycles. The van der Waals surface area contributed by atoms with Gasteiger partial charge in [-0.05, 0) is 19.1 Å². The number of hydrogen-bond acceptors (Lipinski definition) is 4. The van der Waals surface area contributed by atoms with E-state index in [9.17, 15) is 13.2 Å². The monoisotopic (exact) mass is 346 g/mol. The number of benzene rings is 1. The number of sulfonamides is 1. The predicted octanol–water partition coefficient (Wildman–Crippen LogP) is 2.70. The van der Waals surface area contributed by atoms with Crippen molar-refractivity contribution in [3.63, 3.8) is 0 Å². The summed E-state index contributed by atoms with van der Waals surface area (Å²) in [5, 5.41) is 11.5. The summed E-state index contributed by atoms with van der Waals surface area (Å²) < 4.78 is 25.9. The molecule has 0 aliphatic rings. The maximum absolute atomic E-state index is 12.4. The molecule has 0 radical (unpaired) electrons. The molecule has 7 heteroatoms. The van der Waals surface area contributed by atoms with Crippen LogP contribution in [0.25, 0.3) is 0 Å². The minimum absolute atomic E-state index is 0.00741. The van der Waals surface area contributed by atoms with Crippen molar-refractivity contribution >= 4 is 21.6 Å². The SMILES string of the molecule is CC.CC.CC(=O)Nc1ccccc1S(=O)(=O)N(C)C(C)CO. The quantitative estimate of drug-likeness (QED) is 0.858. The number of nitrogens with zero attached hydrogens (tertiary/aromatic N) is 1. The van der Waals surface area contributed by atoms with Crippen LogP contribution >= 0.6 is 0 Å². The van der Waals surface area contributed by atoms with Crippen LogP contribution in [0.4, 0.5) is 5.69 Å². The summed E-state index contributed by atoms with van der Waals surface area (Å²) in [5.41, 5.74) is 0.229. The van der Waals surface area contributed by atoms with Crippen LogP contribution in [0.2, 0.25) is 0 Å². The Morgan fingerprint density at radius 1 is 1.22 bits per heavy atom. The number of para-hydroxylation sites is 1. The molecule has 2 N–H and O–H groups in total. The summed E-state index contributed by atoms with van der Waals surface area (Å²) in [6, 6.07) is 5.61. The fraction of sp³-hybridized carbons (Fsp3) is 0.562. The van der Waals surface area contributed by atoms with Crippen LogP contribution in [-0.4, -0.2) is 43.4 Å². The summed E-state index contributed by atoms with van der Waals surface area (Å²) in [7, 11) is -2.38. The summed E-state index contributed by atoms with van der Waals surface area (Å²) in [5.74, 6) is -0.347. The molecular formula is C16H30N2O4S. The van der Waals surface area contributed by atoms with Crippen LogP contribution in [0.5, 0.6) is 0 Å². The van der Waals surface area contributed by atoms with Gasteiger partial charge in [-0.2, -0.15) is 4.31 Å². The van der Waals surface area contributed by atoms with Crippen molar-refractivity contribution in [3.05, 3.63) is 24.3 Å². The average molecular weight is 346 g/mol. The van der Waals surface area contributed by atoms with Gasteiger partial charge in [-0.3, -0.25) is 4.79 Å². The van der Waals surface area contributed by atoms with Gasteiger partial charge < -0.3 is 10.4 Å². The van der Waals surface area contributed by atoms with Crippen molar-refractivity contribution in [2.45, 2.75) is 52.5 Å². The lowest BCUT2D eigenvalue weighted by Crippen LogP contribution is -2.37. The van der Waals surface area contributed by atoms with Gasteiger partial charge in [-0.1, -0.05) is 39.8 Å². The first-order chi connectivity index (χ1) is 10.8. The van der Waals surface area contributed by atoms with Gasteiger partial charge in [0.2, 0.25) is 15.9 Å². The first kappa shape index (κ1) is 23.8. The van der Waals surface area contributed by atoms with E-state index in [2.05, 4.69) is 5.32 Å². The van der Waals surface area contributed by atoms with Gasteiger partial charge in [0.05, 0.1) is 12.3 Å². The van der Waals surface area contributed by atoms with Gasteiger partial charge >= 0.3 is 0 Å². The number of carbonyl (C=O) groups excluding carboxylic acids is 1. The van der Waals surface area contributed by atoms with E-state index in [0.717, 1.165) is 4.31 Å². The second kappa shape index (κ2) is 12.0. The molecular weight excluding hydrogens is 316 g/mol. The first-order valence-corrected chi connectivity index (χ1v) is 9.20. The van der Waals surface area contributed by atoms with Gasteiger partial charge in [0, 0.05) is 20.0 Å². The zero-order chi connectivity index (χ0) is 18.6. The molecule has 1 rings (SSSR count). The average Bonchev–Trinajstić information content (AvgIpc) is 2.56. The molecule has 0 saturated heterocycles. The van der Waals surface area contributed by atoms with Crippen molar-refractivity contribution in [1.29, 1.82) is 0 Å². The summed E-state index contributed by atoms with van der Waals surface area (Å²) in [6.07, 6.45) is 0. The molecule has 1 aromatic rings. The molecule has 0 aromatic heterocycles. The van der Waals surface area contributed by atoms with Crippen molar-refractivity contribution in [2.24, 2.45) is 0 Å².